The van der Waals surface area contributed by atoms with Crippen LogP contribution in [-0.4, -0.2) is 11.3 Å². The fourth-order valence-electron chi connectivity index (χ4n) is 1.40. The summed E-state index contributed by atoms with van der Waals surface area (Å²) in [6.07, 6.45) is 5.84. The summed E-state index contributed by atoms with van der Waals surface area (Å²) in [5.74, 6) is 0. The largest absolute Gasteiger partial charge is 0.361 e. The summed E-state index contributed by atoms with van der Waals surface area (Å²) in [6.45, 7) is 0. The number of allylic oxidation sites excluding steroid dienone is 1. The Labute approximate surface area is 86.2 Å². The zero-order chi connectivity index (χ0) is 9.97. The van der Waals surface area contributed by atoms with Crippen LogP contribution in [0.5, 0.6) is 0 Å². The van der Waals surface area contributed by atoms with E-state index >= 15 is 0 Å². The Hall–Kier alpha value is -1.54. The van der Waals surface area contributed by atoms with Crippen LogP contribution in [0.25, 0.3) is 17.0 Å². The van der Waals surface area contributed by atoms with Gasteiger partial charge in [-0.2, -0.15) is 0 Å². The summed E-state index contributed by atoms with van der Waals surface area (Å²) in [5.41, 5.74) is 1.96. The number of carbonyl (C=O) groups excluding carboxylic acids is 1. The second-order valence-corrected chi connectivity index (χ2v) is 3.37. The number of hydrogen-bond acceptors (Lipinski definition) is 1. The van der Waals surface area contributed by atoms with E-state index in [4.69, 9.17) is 11.6 Å². The highest BCUT2D eigenvalue weighted by atomic mass is 35.5. The third-order valence-corrected chi connectivity index (χ3v) is 2.27. The number of hydrogen-bond donors (Lipinski definition) is 1. The first-order chi connectivity index (χ1) is 6.81. The molecule has 2 rings (SSSR count). The second kappa shape index (κ2) is 3.68. The summed E-state index contributed by atoms with van der Waals surface area (Å²) in [5, 5.41) is 1.76. The van der Waals surface area contributed by atoms with E-state index in [1.165, 1.54) is 6.08 Å². The van der Waals surface area contributed by atoms with Crippen molar-refractivity contribution in [3.8, 4) is 0 Å². The summed E-state index contributed by atoms with van der Waals surface area (Å²) in [4.78, 5) is 13.3. The fraction of sp³-hybridized carbons (Fsp3) is 0. The van der Waals surface area contributed by atoms with Crippen molar-refractivity contribution in [1.29, 1.82) is 0 Å². The molecule has 0 amide bonds. The van der Waals surface area contributed by atoms with E-state index in [9.17, 15) is 4.79 Å². The predicted octanol–water partition coefficient (Wildman–Crippen LogP) is 3.03. The molecule has 0 saturated heterocycles. The van der Waals surface area contributed by atoms with Gasteiger partial charge in [0.25, 0.3) is 0 Å². The van der Waals surface area contributed by atoms with Gasteiger partial charge in [-0.3, -0.25) is 4.79 Å². The molecule has 0 aliphatic heterocycles. The Morgan fingerprint density at radius 1 is 1.36 bits per heavy atom. The van der Waals surface area contributed by atoms with Crippen LogP contribution in [0, 0.1) is 0 Å². The first-order valence-corrected chi connectivity index (χ1v) is 4.57. The van der Waals surface area contributed by atoms with Gasteiger partial charge in [0.05, 0.1) is 0 Å². The molecular weight excluding hydrogens is 198 g/mol. The molecular formula is C11H8ClNO. The third-order valence-electron chi connectivity index (χ3n) is 2.03. The smallest absolute Gasteiger partial charge is 0.142 e. The molecule has 14 heavy (non-hydrogen) atoms. The van der Waals surface area contributed by atoms with Crippen LogP contribution in [0.4, 0.5) is 0 Å². The Kier molecular flexibility index (Phi) is 2.37. The lowest BCUT2D eigenvalue weighted by Crippen LogP contribution is -1.69. The number of nitrogens with one attached hydrogen (secondary N) is 1. The number of benzene rings is 1. The third kappa shape index (κ3) is 1.56. The Morgan fingerprint density at radius 2 is 2.21 bits per heavy atom. The molecule has 0 atom stereocenters. The average molecular weight is 206 g/mol. The molecule has 0 saturated carbocycles. The Bertz CT molecular complexity index is 499. The molecule has 1 aromatic carbocycles. The number of fused-ring (bicyclic) bond motifs is 1. The number of carbonyl (C=O) groups is 1. The van der Waals surface area contributed by atoms with Crippen LogP contribution in [0.2, 0.25) is 5.02 Å². The van der Waals surface area contributed by atoms with Gasteiger partial charge in [-0.1, -0.05) is 17.7 Å². The van der Waals surface area contributed by atoms with Crippen LogP contribution < -0.4 is 0 Å². The average Bonchev–Trinajstić information content (AvgIpc) is 2.57. The summed E-state index contributed by atoms with van der Waals surface area (Å²) < 4.78 is 0. The maximum absolute atomic E-state index is 10.2. The standard InChI is InChI=1S/C11H8ClNO/c12-9-3-4-10-8(2-1-5-14)7-13-11(10)6-9/h1-7,13H/b2-1+. The van der Waals surface area contributed by atoms with Gasteiger partial charge in [-0.25, -0.2) is 0 Å². The minimum Gasteiger partial charge on any atom is -0.361 e. The van der Waals surface area contributed by atoms with E-state index in [2.05, 4.69) is 4.98 Å². The van der Waals surface area contributed by atoms with Crippen molar-refractivity contribution in [2.45, 2.75) is 0 Å². The molecule has 0 aliphatic carbocycles. The second-order valence-electron chi connectivity index (χ2n) is 2.93. The Morgan fingerprint density at radius 3 is 3.00 bits per heavy atom. The van der Waals surface area contributed by atoms with Crippen molar-refractivity contribution in [3.05, 3.63) is 41.1 Å². The van der Waals surface area contributed by atoms with Gasteiger partial charge >= 0.3 is 0 Å². The van der Waals surface area contributed by atoms with Crippen LogP contribution in [-0.2, 0) is 4.79 Å². The highest BCUT2D eigenvalue weighted by Crippen LogP contribution is 2.22. The van der Waals surface area contributed by atoms with Gasteiger partial charge in [-0.05, 0) is 29.8 Å². The summed E-state index contributed by atoms with van der Waals surface area (Å²) in [7, 11) is 0. The van der Waals surface area contributed by atoms with Crippen LogP contribution in [0.1, 0.15) is 5.56 Å². The van der Waals surface area contributed by atoms with Crippen molar-refractivity contribution < 1.29 is 4.79 Å². The van der Waals surface area contributed by atoms with Crippen molar-refractivity contribution in [2.75, 3.05) is 0 Å². The van der Waals surface area contributed by atoms with E-state index in [1.807, 2.05) is 24.4 Å². The van der Waals surface area contributed by atoms with Crippen molar-refractivity contribution >= 4 is 34.9 Å². The number of rotatable bonds is 2. The van der Waals surface area contributed by atoms with Crippen molar-refractivity contribution in [1.82, 2.24) is 4.98 Å². The number of aldehydes is 1. The topological polar surface area (TPSA) is 32.9 Å². The highest BCUT2D eigenvalue weighted by Gasteiger charge is 2.00. The molecule has 1 N–H and O–H groups in total. The molecule has 1 heterocycles. The van der Waals surface area contributed by atoms with E-state index in [0.29, 0.717) is 5.02 Å². The zero-order valence-corrected chi connectivity index (χ0v) is 8.08. The fourth-order valence-corrected chi connectivity index (χ4v) is 1.57. The summed E-state index contributed by atoms with van der Waals surface area (Å²) >= 11 is 5.84. The predicted molar refractivity (Wildman–Crippen MR) is 58.4 cm³/mol. The lowest BCUT2D eigenvalue weighted by atomic mass is 10.1. The molecule has 2 nitrogen and oxygen atoms in total. The highest BCUT2D eigenvalue weighted by molar-refractivity contribution is 6.31. The minimum atomic E-state index is 0.699. The lowest BCUT2D eigenvalue weighted by molar-refractivity contribution is -0.104. The van der Waals surface area contributed by atoms with Crippen LogP contribution >= 0.6 is 11.6 Å². The molecule has 70 valence electrons. The monoisotopic (exact) mass is 205 g/mol. The van der Waals surface area contributed by atoms with E-state index in [-0.39, 0.29) is 0 Å². The lowest BCUT2D eigenvalue weighted by Gasteiger charge is -1.92. The first-order valence-electron chi connectivity index (χ1n) is 4.20. The molecule has 0 bridgehead atoms. The number of H-pyrrole nitrogens is 1. The normalized spacial score (nSPS) is 11.2. The molecule has 0 aliphatic rings. The minimum absolute atomic E-state index is 0.699. The first kappa shape index (κ1) is 9.03. The van der Waals surface area contributed by atoms with E-state index in [1.54, 1.807) is 6.08 Å². The Balaban J connectivity index is 2.58. The van der Waals surface area contributed by atoms with E-state index in [0.717, 1.165) is 22.8 Å². The number of aromatic nitrogens is 1. The van der Waals surface area contributed by atoms with Crippen LogP contribution in [0.3, 0.4) is 0 Å². The number of aromatic amines is 1. The maximum Gasteiger partial charge on any atom is 0.142 e. The molecule has 3 heteroatoms. The molecule has 0 fully saturated rings. The van der Waals surface area contributed by atoms with Crippen molar-refractivity contribution in [2.24, 2.45) is 0 Å². The number of halogens is 1. The SMILES string of the molecule is O=C/C=C/c1c[nH]c2cc(Cl)ccc12. The van der Waals surface area contributed by atoms with Gasteiger partial charge in [0.2, 0.25) is 0 Å². The van der Waals surface area contributed by atoms with Gasteiger partial charge in [0, 0.05) is 22.1 Å². The molecule has 2 aromatic rings. The van der Waals surface area contributed by atoms with Gasteiger partial charge in [-0.15, -0.1) is 0 Å². The van der Waals surface area contributed by atoms with Crippen molar-refractivity contribution in [3.63, 3.8) is 0 Å². The van der Waals surface area contributed by atoms with Gasteiger partial charge < -0.3 is 4.98 Å². The molecule has 0 radical (unpaired) electrons. The zero-order valence-electron chi connectivity index (χ0n) is 7.33. The maximum atomic E-state index is 10.2. The molecule has 0 spiro atoms. The van der Waals surface area contributed by atoms with E-state index < -0.39 is 0 Å². The molecule has 1 aromatic heterocycles. The van der Waals surface area contributed by atoms with Crippen LogP contribution in [0.15, 0.2) is 30.5 Å². The van der Waals surface area contributed by atoms with Gasteiger partial charge in [0.15, 0.2) is 0 Å². The summed E-state index contributed by atoms with van der Waals surface area (Å²) in [6, 6.07) is 5.61. The molecule has 0 unspecified atom stereocenters. The van der Waals surface area contributed by atoms with Gasteiger partial charge in [0.1, 0.15) is 6.29 Å². The quantitative estimate of drug-likeness (QED) is 0.593.